The van der Waals surface area contributed by atoms with Crippen LogP contribution in [0, 0.1) is 0 Å². The Morgan fingerprint density at radius 2 is 1.92 bits per heavy atom. The minimum absolute atomic E-state index is 0.236. The third-order valence-corrected chi connectivity index (χ3v) is 3.69. The van der Waals surface area contributed by atoms with Crippen molar-refractivity contribution in [1.82, 2.24) is 4.57 Å². The van der Waals surface area contributed by atoms with E-state index in [0.717, 1.165) is 0 Å². The van der Waals surface area contributed by atoms with Gasteiger partial charge >= 0.3 is 6.18 Å². The van der Waals surface area contributed by atoms with Crippen LogP contribution in [0.2, 0.25) is 10.0 Å². The Bertz CT molecular complexity index is 866. The predicted molar refractivity (Wildman–Crippen MR) is 87.3 cm³/mol. The Morgan fingerprint density at radius 3 is 2.48 bits per heavy atom. The molecule has 2 aromatic rings. The Hall–Kier alpha value is -2.19. The van der Waals surface area contributed by atoms with Crippen molar-refractivity contribution >= 4 is 34.8 Å². The number of halogens is 5. The zero-order valence-corrected chi connectivity index (χ0v) is 14.2. The topological polar surface area (TPSA) is 60.3 Å². The molecule has 2 rings (SSSR count). The number of hydrogen-bond donors (Lipinski definition) is 1. The summed E-state index contributed by atoms with van der Waals surface area (Å²) in [6.07, 6.45) is -4.16. The van der Waals surface area contributed by atoms with Crippen molar-refractivity contribution in [3.05, 3.63) is 56.4 Å². The van der Waals surface area contributed by atoms with Crippen molar-refractivity contribution in [2.45, 2.75) is 12.7 Å². The smallest absolute Gasteiger partial charge is 0.417 e. The number of ether oxygens (including phenoxy) is 1. The van der Waals surface area contributed by atoms with E-state index >= 15 is 0 Å². The minimum atomic E-state index is -4.70. The summed E-state index contributed by atoms with van der Waals surface area (Å²) in [5, 5.41) is 2.03. The van der Waals surface area contributed by atoms with Crippen molar-refractivity contribution in [2.75, 3.05) is 12.4 Å². The molecule has 5 nitrogen and oxygen atoms in total. The summed E-state index contributed by atoms with van der Waals surface area (Å²) >= 11 is 11.4. The second-order valence-electron chi connectivity index (χ2n) is 4.91. The summed E-state index contributed by atoms with van der Waals surface area (Å²) in [6.45, 7) is -0.647. The molecule has 134 valence electrons. The molecular formula is C15H11Cl2F3N2O3. The molecule has 0 spiro atoms. The van der Waals surface area contributed by atoms with E-state index in [2.05, 4.69) is 5.32 Å². The second-order valence-corrected chi connectivity index (χ2v) is 5.72. The lowest BCUT2D eigenvalue weighted by atomic mass is 10.2. The van der Waals surface area contributed by atoms with Gasteiger partial charge in [-0.25, -0.2) is 0 Å². The van der Waals surface area contributed by atoms with Gasteiger partial charge < -0.3 is 14.6 Å². The van der Waals surface area contributed by atoms with E-state index in [-0.39, 0.29) is 5.02 Å². The van der Waals surface area contributed by atoms with Crippen LogP contribution in [-0.4, -0.2) is 17.6 Å². The van der Waals surface area contributed by atoms with Crippen molar-refractivity contribution in [2.24, 2.45) is 0 Å². The third kappa shape index (κ3) is 4.67. The summed E-state index contributed by atoms with van der Waals surface area (Å²) < 4.78 is 43.9. The lowest BCUT2D eigenvalue weighted by molar-refractivity contribution is -0.138. The molecule has 0 saturated carbocycles. The van der Waals surface area contributed by atoms with Crippen LogP contribution in [0.4, 0.5) is 18.9 Å². The molecule has 0 atom stereocenters. The van der Waals surface area contributed by atoms with E-state index in [1.54, 1.807) is 0 Å². The molecule has 0 aliphatic heterocycles. The van der Waals surface area contributed by atoms with Crippen molar-refractivity contribution in [1.29, 1.82) is 0 Å². The number of carbonyl (C=O) groups is 1. The average molecular weight is 395 g/mol. The molecule has 0 unspecified atom stereocenters. The van der Waals surface area contributed by atoms with Gasteiger partial charge in [0.05, 0.1) is 17.7 Å². The maximum Gasteiger partial charge on any atom is 0.417 e. The summed E-state index contributed by atoms with van der Waals surface area (Å²) in [6, 6.07) is 4.91. The average Bonchev–Trinajstić information content (AvgIpc) is 2.50. The largest absolute Gasteiger partial charge is 0.495 e. The van der Waals surface area contributed by atoms with Crippen LogP contribution in [0.1, 0.15) is 5.56 Å². The Labute approximate surface area is 149 Å². The summed E-state index contributed by atoms with van der Waals surface area (Å²) in [5.41, 5.74) is -1.74. The third-order valence-electron chi connectivity index (χ3n) is 3.12. The molecule has 0 aliphatic carbocycles. The van der Waals surface area contributed by atoms with Gasteiger partial charge in [-0.2, -0.15) is 13.2 Å². The van der Waals surface area contributed by atoms with Gasteiger partial charge in [0.25, 0.3) is 5.56 Å². The highest BCUT2D eigenvalue weighted by atomic mass is 35.5. The number of benzene rings is 1. The van der Waals surface area contributed by atoms with E-state index in [0.29, 0.717) is 28.3 Å². The van der Waals surface area contributed by atoms with E-state index < -0.39 is 34.8 Å². The van der Waals surface area contributed by atoms with Gasteiger partial charge in [-0.05, 0) is 24.3 Å². The quantitative estimate of drug-likeness (QED) is 0.857. The number of amides is 1. The molecule has 10 heteroatoms. The Morgan fingerprint density at radius 1 is 1.24 bits per heavy atom. The molecule has 0 bridgehead atoms. The summed E-state index contributed by atoms with van der Waals surface area (Å²) in [5.74, 6) is -0.334. The van der Waals surface area contributed by atoms with Crippen LogP contribution < -0.4 is 15.6 Å². The van der Waals surface area contributed by atoms with Crippen LogP contribution in [0.25, 0.3) is 0 Å². The molecule has 1 heterocycles. The fraction of sp³-hybridized carbons (Fsp3) is 0.200. The second kappa shape index (κ2) is 7.37. The Balaban J connectivity index is 2.22. The zero-order valence-electron chi connectivity index (χ0n) is 12.7. The zero-order chi connectivity index (χ0) is 18.8. The normalized spacial score (nSPS) is 11.3. The molecule has 1 aromatic heterocycles. The number of alkyl halides is 3. The predicted octanol–water partition coefficient (Wildman–Crippen LogP) is 3.82. The highest BCUT2D eigenvalue weighted by Gasteiger charge is 2.32. The van der Waals surface area contributed by atoms with E-state index in [1.165, 1.54) is 25.3 Å². The number of nitrogens with zero attached hydrogens (tertiary/aromatic N) is 1. The first-order valence-corrected chi connectivity index (χ1v) is 7.48. The Kier molecular flexibility index (Phi) is 5.64. The summed E-state index contributed by atoms with van der Waals surface area (Å²) in [4.78, 5) is 23.8. The molecule has 1 aromatic carbocycles. The van der Waals surface area contributed by atoms with Gasteiger partial charge in [0.1, 0.15) is 17.3 Å². The van der Waals surface area contributed by atoms with Crippen LogP contribution in [0.3, 0.4) is 0 Å². The summed E-state index contributed by atoms with van der Waals surface area (Å²) in [7, 11) is 1.42. The molecule has 1 N–H and O–H groups in total. The van der Waals surface area contributed by atoms with Crippen molar-refractivity contribution in [3.63, 3.8) is 0 Å². The lowest BCUT2D eigenvalue weighted by Crippen LogP contribution is -2.29. The molecule has 0 saturated heterocycles. The molecular weight excluding hydrogens is 384 g/mol. The first kappa shape index (κ1) is 19.1. The van der Waals surface area contributed by atoms with Crippen LogP contribution in [0.5, 0.6) is 5.75 Å². The van der Waals surface area contributed by atoms with E-state index in [9.17, 15) is 22.8 Å². The van der Waals surface area contributed by atoms with E-state index in [1.807, 2.05) is 0 Å². The van der Waals surface area contributed by atoms with Crippen LogP contribution >= 0.6 is 23.2 Å². The van der Waals surface area contributed by atoms with Gasteiger partial charge in [0, 0.05) is 11.9 Å². The van der Waals surface area contributed by atoms with Crippen molar-refractivity contribution < 1.29 is 22.7 Å². The number of anilines is 1. The molecule has 0 radical (unpaired) electrons. The SMILES string of the molecule is COc1ccc(NC(=O)Cn2cc(C(F)(F)F)cc(Cl)c2=O)cc1Cl. The number of rotatable bonds is 4. The van der Waals surface area contributed by atoms with E-state index in [4.69, 9.17) is 27.9 Å². The van der Waals surface area contributed by atoms with Crippen molar-refractivity contribution in [3.8, 4) is 5.75 Å². The first-order chi connectivity index (χ1) is 11.6. The highest BCUT2D eigenvalue weighted by Crippen LogP contribution is 2.30. The van der Waals surface area contributed by atoms with Gasteiger partial charge in [-0.15, -0.1) is 0 Å². The number of aromatic nitrogens is 1. The van der Waals surface area contributed by atoms with Crippen LogP contribution in [0.15, 0.2) is 35.3 Å². The first-order valence-electron chi connectivity index (χ1n) is 6.72. The lowest BCUT2D eigenvalue weighted by Gasteiger charge is -2.12. The maximum atomic E-state index is 12.8. The molecule has 0 fully saturated rings. The fourth-order valence-electron chi connectivity index (χ4n) is 1.97. The number of pyridine rings is 1. The molecule has 25 heavy (non-hydrogen) atoms. The van der Waals surface area contributed by atoms with Gasteiger partial charge in [0.2, 0.25) is 5.91 Å². The minimum Gasteiger partial charge on any atom is -0.495 e. The molecule has 0 aliphatic rings. The highest BCUT2D eigenvalue weighted by molar-refractivity contribution is 6.32. The van der Waals surface area contributed by atoms with Gasteiger partial charge in [0.15, 0.2) is 0 Å². The fourth-order valence-corrected chi connectivity index (χ4v) is 2.45. The van der Waals surface area contributed by atoms with Gasteiger partial charge in [-0.1, -0.05) is 23.2 Å². The maximum absolute atomic E-state index is 12.8. The molecule has 1 amide bonds. The standard InChI is InChI=1S/C15H11Cl2F3N2O3/c1-25-12-3-2-9(5-10(12)16)21-13(23)7-22-6-8(15(18,19)20)4-11(17)14(22)24/h2-6H,7H2,1H3,(H,21,23). The number of methoxy groups -OCH3 is 1. The number of nitrogens with one attached hydrogen (secondary N) is 1. The van der Waals surface area contributed by atoms with Gasteiger partial charge in [-0.3, -0.25) is 9.59 Å². The number of hydrogen-bond acceptors (Lipinski definition) is 3. The number of carbonyl (C=O) groups excluding carboxylic acids is 1. The van der Waals surface area contributed by atoms with Crippen LogP contribution in [-0.2, 0) is 17.5 Å². The monoisotopic (exact) mass is 394 g/mol.